The van der Waals surface area contributed by atoms with E-state index >= 15 is 0 Å². The lowest BCUT2D eigenvalue weighted by atomic mass is 9.92. The molecule has 0 aliphatic carbocycles. The lowest BCUT2D eigenvalue weighted by Crippen LogP contribution is -2.38. The van der Waals surface area contributed by atoms with Gasteiger partial charge in [0, 0.05) is 12.5 Å². The van der Waals surface area contributed by atoms with E-state index in [0.717, 1.165) is 49.2 Å². The van der Waals surface area contributed by atoms with Crippen molar-refractivity contribution in [3.63, 3.8) is 0 Å². The van der Waals surface area contributed by atoms with E-state index in [1.807, 2.05) is 6.07 Å². The summed E-state index contributed by atoms with van der Waals surface area (Å²) in [7, 11) is 0. The van der Waals surface area contributed by atoms with Crippen molar-refractivity contribution in [2.45, 2.75) is 25.3 Å². The molecule has 0 N–H and O–H groups in total. The summed E-state index contributed by atoms with van der Waals surface area (Å²) in [5, 5.41) is 1.15. The first-order chi connectivity index (χ1) is 12.3. The summed E-state index contributed by atoms with van der Waals surface area (Å²) in [5.41, 5.74) is 2.43. The number of hydrogen-bond acceptors (Lipinski definition) is 4. The van der Waals surface area contributed by atoms with Crippen LogP contribution in [0.2, 0.25) is 0 Å². The Morgan fingerprint density at radius 3 is 2.72 bits per heavy atom. The SMILES string of the molecule is O=CC1CCN(CCc2ccccc2)C(c2nc3ccccc3s2)C1. The van der Waals surface area contributed by atoms with E-state index in [0.29, 0.717) is 0 Å². The maximum atomic E-state index is 11.4. The van der Waals surface area contributed by atoms with Crippen molar-refractivity contribution in [1.29, 1.82) is 0 Å². The third-order valence-corrected chi connectivity index (χ3v) is 6.21. The van der Waals surface area contributed by atoms with Crippen LogP contribution in [0.4, 0.5) is 0 Å². The molecule has 2 atom stereocenters. The number of fused-ring (bicyclic) bond motifs is 1. The Bertz CT molecular complexity index is 812. The fourth-order valence-corrected chi connectivity index (χ4v) is 4.75. The van der Waals surface area contributed by atoms with E-state index in [1.54, 1.807) is 11.3 Å². The number of hydrogen-bond donors (Lipinski definition) is 0. The molecule has 0 bridgehead atoms. The number of benzene rings is 2. The van der Waals surface area contributed by atoms with Crippen LogP contribution in [0, 0.1) is 5.92 Å². The molecule has 2 aromatic carbocycles. The van der Waals surface area contributed by atoms with Crippen LogP contribution in [-0.2, 0) is 11.2 Å². The Morgan fingerprint density at radius 2 is 1.92 bits per heavy atom. The van der Waals surface area contributed by atoms with E-state index in [1.165, 1.54) is 10.3 Å². The monoisotopic (exact) mass is 350 g/mol. The van der Waals surface area contributed by atoms with E-state index in [4.69, 9.17) is 4.98 Å². The number of carbonyl (C=O) groups excluding carboxylic acids is 1. The Balaban J connectivity index is 1.56. The van der Waals surface area contributed by atoms with Gasteiger partial charge in [0.25, 0.3) is 0 Å². The van der Waals surface area contributed by atoms with Crippen LogP contribution in [0.25, 0.3) is 10.2 Å². The minimum Gasteiger partial charge on any atom is -0.303 e. The van der Waals surface area contributed by atoms with Crippen LogP contribution < -0.4 is 0 Å². The second kappa shape index (κ2) is 7.46. The summed E-state index contributed by atoms with van der Waals surface area (Å²) in [6, 6.07) is 19.2. The quantitative estimate of drug-likeness (QED) is 0.636. The van der Waals surface area contributed by atoms with Crippen LogP contribution in [0.5, 0.6) is 0 Å². The van der Waals surface area contributed by atoms with Gasteiger partial charge in [-0.2, -0.15) is 0 Å². The van der Waals surface area contributed by atoms with Crippen molar-refractivity contribution in [2.24, 2.45) is 5.92 Å². The van der Waals surface area contributed by atoms with Crippen LogP contribution in [-0.4, -0.2) is 29.3 Å². The van der Waals surface area contributed by atoms with Crippen LogP contribution in [0.15, 0.2) is 54.6 Å². The average molecular weight is 350 g/mol. The lowest BCUT2D eigenvalue weighted by molar-refractivity contribution is -0.113. The summed E-state index contributed by atoms with van der Waals surface area (Å²) in [5.74, 6) is 0.157. The predicted molar refractivity (Wildman–Crippen MR) is 103 cm³/mol. The molecule has 1 aromatic heterocycles. The minimum atomic E-state index is 0.157. The average Bonchev–Trinajstić information content (AvgIpc) is 3.11. The first-order valence-electron chi connectivity index (χ1n) is 8.92. The normalized spacial score (nSPS) is 21.4. The number of rotatable bonds is 5. The molecule has 3 aromatic rings. The number of piperidine rings is 1. The van der Waals surface area contributed by atoms with Crippen LogP contribution in [0.1, 0.15) is 29.5 Å². The van der Waals surface area contributed by atoms with Gasteiger partial charge < -0.3 is 4.79 Å². The van der Waals surface area contributed by atoms with E-state index in [9.17, 15) is 4.79 Å². The largest absolute Gasteiger partial charge is 0.303 e. The number of thiazole rings is 1. The van der Waals surface area contributed by atoms with Gasteiger partial charge in [-0.25, -0.2) is 4.98 Å². The number of likely N-dealkylation sites (tertiary alicyclic amines) is 1. The topological polar surface area (TPSA) is 33.2 Å². The number of aromatic nitrogens is 1. The number of nitrogens with zero attached hydrogens (tertiary/aromatic N) is 2. The van der Waals surface area contributed by atoms with Crippen molar-refractivity contribution in [1.82, 2.24) is 9.88 Å². The molecule has 0 amide bonds. The highest BCUT2D eigenvalue weighted by atomic mass is 32.1. The molecule has 0 radical (unpaired) electrons. The highest BCUT2D eigenvalue weighted by Crippen LogP contribution is 2.37. The van der Waals surface area contributed by atoms with Gasteiger partial charge in [-0.05, 0) is 43.5 Å². The van der Waals surface area contributed by atoms with Crippen LogP contribution >= 0.6 is 11.3 Å². The summed E-state index contributed by atoms with van der Waals surface area (Å²) < 4.78 is 1.23. The molecule has 0 saturated carbocycles. The van der Waals surface area contributed by atoms with Crippen molar-refractivity contribution in [3.8, 4) is 0 Å². The van der Waals surface area contributed by atoms with Crippen molar-refractivity contribution >= 4 is 27.8 Å². The molecule has 1 aliphatic rings. The van der Waals surface area contributed by atoms with Crippen molar-refractivity contribution in [3.05, 3.63) is 65.2 Å². The Hall–Kier alpha value is -2.04. The molecule has 3 nitrogen and oxygen atoms in total. The number of para-hydroxylation sites is 1. The Kier molecular flexibility index (Phi) is 4.90. The molecule has 4 rings (SSSR count). The summed E-state index contributed by atoms with van der Waals surface area (Å²) >= 11 is 1.77. The van der Waals surface area contributed by atoms with Crippen molar-refractivity contribution in [2.75, 3.05) is 13.1 Å². The van der Waals surface area contributed by atoms with Gasteiger partial charge in [-0.15, -0.1) is 11.3 Å². The molecule has 1 saturated heterocycles. The highest BCUT2D eigenvalue weighted by molar-refractivity contribution is 7.18. The molecule has 4 heteroatoms. The van der Waals surface area contributed by atoms with Gasteiger partial charge in [-0.3, -0.25) is 4.90 Å². The predicted octanol–water partition coefficient (Wildman–Crippen LogP) is 4.49. The highest BCUT2D eigenvalue weighted by Gasteiger charge is 2.31. The Morgan fingerprint density at radius 1 is 1.12 bits per heavy atom. The molecule has 1 aliphatic heterocycles. The number of carbonyl (C=O) groups is 1. The molecular formula is C21H22N2OS. The first kappa shape index (κ1) is 16.4. The summed E-state index contributed by atoms with van der Waals surface area (Å²) in [6.45, 7) is 1.98. The third-order valence-electron chi connectivity index (χ3n) is 5.07. The van der Waals surface area contributed by atoms with Crippen LogP contribution in [0.3, 0.4) is 0 Å². The minimum absolute atomic E-state index is 0.157. The van der Waals surface area contributed by atoms with E-state index in [-0.39, 0.29) is 12.0 Å². The van der Waals surface area contributed by atoms with Gasteiger partial charge in [0.15, 0.2) is 0 Å². The van der Waals surface area contributed by atoms with Crippen molar-refractivity contribution < 1.29 is 4.79 Å². The third kappa shape index (κ3) is 3.65. The molecule has 2 unspecified atom stereocenters. The zero-order valence-corrected chi connectivity index (χ0v) is 15.0. The molecular weight excluding hydrogens is 328 g/mol. The first-order valence-corrected chi connectivity index (χ1v) is 9.74. The number of aldehydes is 1. The second-order valence-corrected chi connectivity index (χ2v) is 7.79. The Labute approximate surface area is 152 Å². The zero-order chi connectivity index (χ0) is 17.1. The molecule has 1 fully saturated rings. The van der Waals surface area contributed by atoms with E-state index in [2.05, 4.69) is 53.4 Å². The van der Waals surface area contributed by atoms with Gasteiger partial charge in [-0.1, -0.05) is 42.5 Å². The molecule has 128 valence electrons. The fraction of sp³-hybridized carbons (Fsp3) is 0.333. The second-order valence-electron chi connectivity index (χ2n) is 6.73. The standard InChI is InChI=1S/C21H22N2OS/c24-15-17-11-13-23(12-10-16-6-2-1-3-7-16)19(14-17)21-22-18-8-4-5-9-20(18)25-21/h1-9,15,17,19H,10-14H2. The van der Waals surface area contributed by atoms with E-state index < -0.39 is 0 Å². The molecule has 25 heavy (non-hydrogen) atoms. The fourth-order valence-electron chi connectivity index (χ4n) is 3.64. The summed E-state index contributed by atoms with van der Waals surface area (Å²) in [4.78, 5) is 18.7. The molecule has 2 heterocycles. The van der Waals surface area contributed by atoms with Gasteiger partial charge >= 0.3 is 0 Å². The van der Waals surface area contributed by atoms with Gasteiger partial charge in [0.05, 0.1) is 16.3 Å². The van der Waals surface area contributed by atoms with Gasteiger partial charge in [0.1, 0.15) is 11.3 Å². The van der Waals surface area contributed by atoms with Gasteiger partial charge in [0.2, 0.25) is 0 Å². The maximum Gasteiger partial charge on any atom is 0.123 e. The smallest absolute Gasteiger partial charge is 0.123 e. The molecule has 0 spiro atoms. The maximum absolute atomic E-state index is 11.4. The zero-order valence-electron chi connectivity index (χ0n) is 14.2. The lowest BCUT2D eigenvalue weighted by Gasteiger charge is -2.37. The summed E-state index contributed by atoms with van der Waals surface area (Å²) in [6.07, 6.45) is 4.01.